The second-order valence-electron chi connectivity index (χ2n) is 4.96. The van der Waals surface area contributed by atoms with Crippen LogP contribution in [0.4, 0.5) is 0 Å². The van der Waals surface area contributed by atoms with Crippen molar-refractivity contribution in [3.63, 3.8) is 0 Å². The van der Waals surface area contributed by atoms with E-state index in [1.165, 1.54) is 0 Å². The van der Waals surface area contributed by atoms with Crippen molar-refractivity contribution in [2.75, 3.05) is 19.6 Å². The number of fused-ring (bicyclic) bond motifs is 1. The number of hydrogen-bond acceptors (Lipinski definition) is 2. The Morgan fingerprint density at radius 1 is 1.10 bits per heavy atom. The first-order valence-electron chi connectivity index (χ1n) is 7.25. The summed E-state index contributed by atoms with van der Waals surface area (Å²) < 4.78 is 0. The number of rotatable bonds is 6. The van der Waals surface area contributed by atoms with Gasteiger partial charge >= 0.3 is 0 Å². The van der Waals surface area contributed by atoms with Crippen molar-refractivity contribution in [3.05, 3.63) is 48.0 Å². The lowest BCUT2D eigenvalue weighted by Gasteiger charge is -2.22. The van der Waals surface area contributed by atoms with E-state index in [2.05, 4.69) is 6.92 Å². The molecule has 2 rings (SSSR count). The summed E-state index contributed by atoms with van der Waals surface area (Å²) >= 11 is 0. The van der Waals surface area contributed by atoms with E-state index in [0.717, 1.165) is 42.3 Å². The number of nitrogens with zero attached hydrogens (tertiary/aromatic N) is 1. The van der Waals surface area contributed by atoms with E-state index in [1.54, 1.807) is 0 Å². The molecular weight excluding hydrogens is 248 g/mol. The van der Waals surface area contributed by atoms with Crippen molar-refractivity contribution in [2.45, 2.75) is 19.8 Å². The topological polar surface area (TPSA) is 46.3 Å². The molecule has 0 aliphatic heterocycles. The number of hydrogen-bond donors (Lipinski definition) is 1. The second-order valence-corrected chi connectivity index (χ2v) is 4.96. The maximum absolute atomic E-state index is 12.7. The van der Waals surface area contributed by atoms with Crippen LogP contribution in [0.15, 0.2) is 42.5 Å². The molecule has 106 valence electrons. The minimum absolute atomic E-state index is 0.108. The van der Waals surface area contributed by atoms with Crippen LogP contribution in [0.2, 0.25) is 0 Å². The Bertz CT molecular complexity index is 575. The van der Waals surface area contributed by atoms with E-state index in [1.807, 2.05) is 47.4 Å². The molecule has 0 saturated heterocycles. The van der Waals surface area contributed by atoms with Gasteiger partial charge in [-0.2, -0.15) is 0 Å². The Morgan fingerprint density at radius 2 is 1.85 bits per heavy atom. The fourth-order valence-electron chi connectivity index (χ4n) is 2.45. The number of nitrogens with two attached hydrogens (primary N) is 1. The van der Waals surface area contributed by atoms with Gasteiger partial charge in [-0.05, 0) is 36.2 Å². The van der Waals surface area contributed by atoms with E-state index < -0.39 is 0 Å². The number of carbonyl (C=O) groups is 1. The third kappa shape index (κ3) is 3.17. The van der Waals surface area contributed by atoms with E-state index in [9.17, 15) is 4.79 Å². The molecule has 3 nitrogen and oxygen atoms in total. The molecule has 0 heterocycles. The highest BCUT2D eigenvalue weighted by Gasteiger charge is 2.16. The first-order valence-corrected chi connectivity index (χ1v) is 7.25. The molecule has 0 aromatic heterocycles. The Hall–Kier alpha value is -1.87. The van der Waals surface area contributed by atoms with Gasteiger partial charge in [0.25, 0.3) is 5.91 Å². The molecule has 0 bridgehead atoms. The molecular formula is C17H22N2O. The van der Waals surface area contributed by atoms with Crippen LogP contribution in [0.5, 0.6) is 0 Å². The zero-order valence-electron chi connectivity index (χ0n) is 12.0. The molecule has 0 spiro atoms. The molecule has 2 N–H and O–H groups in total. The molecule has 0 aliphatic carbocycles. The molecule has 0 fully saturated rings. The van der Waals surface area contributed by atoms with Crippen molar-refractivity contribution in [1.82, 2.24) is 4.90 Å². The van der Waals surface area contributed by atoms with Gasteiger partial charge in [-0.25, -0.2) is 0 Å². The van der Waals surface area contributed by atoms with Gasteiger partial charge in [0, 0.05) is 18.7 Å². The van der Waals surface area contributed by atoms with E-state index >= 15 is 0 Å². The molecule has 0 atom stereocenters. The highest BCUT2D eigenvalue weighted by atomic mass is 16.2. The maximum Gasteiger partial charge on any atom is 0.254 e. The molecule has 0 saturated carbocycles. The summed E-state index contributed by atoms with van der Waals surface area (Å²) in [7, 11) is 0. The smallest absolute Gasteiger partial charge is 0.254 e. The van der Waals surface area contributed by atoms with Crippen LogP contribution in [-0.4, -0.2) is 30.4 Å². The van der Waals surface area contributed by atoms with E-state index in [0.29, 0.717) is 6.54 Å². The lowest BCUT2D eigenvalue weighted by molar-refractivity contribution is 0.0756. The van der Waals surface area contributed by atoms with Gasteiger partial charge in [-0.15, -0.1) is 0 Å². The minimum atomic E-state index is 0.108. The Labute approximate surface area is 120 Å². The largest absolute Gasteiger partial charge is 0.339 e. The molecule has 1 amide bonds. The summed E-state index contributed by atoms with van der Waals surface area (Å²) in [5, 5.41) is 2.13. The summed E-state index contributed by atoms with van der Waals surface area (Å²) in [6.07, 6.45) is 1.80. The summed E-state index contributed by atoms with van der Waals surface area (Å²) in [6.45, 7) is 4.21. The van der Waals surface area contributed by atoms with Crippen LogP contribution in [0.25, 0.3) is 10.8 Å². The van der Waals surface area contributed by atoms with Crippen molar-refractivity contribution in [2.24, 2.45) is 5.73 Å². The van der Waals surface area contributed by atoms with Crippen LogP contribution >= 0.6 is 0 Å². The number of amides is 1. The molecule has 2 aromatic rings. The van der Waals surface area contributed by atoms with Crippen LogP contribution in [0.1, 0.15) is 30.1 Å². The van der Waals surface area contributed by atoms with Crippen LogP contribution < -0.4 is 5.73 Å². The monoisotopic (exact) mass is 270 g/mol. The summed E-state index contributed by atoms with van der Waals surface area (Å²) in [6, 6.07) is 13.9. The summed E-state index contributed by atoms with van der Waals surface area (Å²) in [4.78, 5) is 14.7. The van der Waals surface area contributed by atoms with Crippen molar-refractivity contribution >= 4 is 16.7 Å². The molecule has 3 heteroatoms. The van der Waals surface area contributed by atoms with Crippen LogP contribution in [-0.2, 0) is 0 Å². The third-order valence-corrected chi connectivity index (χ3v) is 3.43. The minimum Gasteiger partial charge on any atom is -0.339 e. The molecule has 0 unspecified atom stereocenters. The lowest BCUT2D eigenvalue weighted by atomic mass is 10.0. The van der Waals surface area contributed by atoms with Gasteiger partial charge in [0.05, 0.1) is 0 Å². The average Bonchev–Trinajstić information content (AvgIpc) is 2.50. The van der Waals surface area contributed by atoms with Gasteiger partial charge in [0.2, 0.25) is 0 Å². The normalized spacial score (nSPS) is 10.7. The van der Waals surface area contributed by atoms with Gasteiger partial charge in [-0.3, -0.25) is 4.79 Å². The van der Waals surface area contributed by atoms with Crippen molar-refractivity contribution in [1.29, 1.82) is 0 Å². The van der Waals surface area contributed by atoms with Gasteiger partial charge in [0.15, 0.2) is 0 Å². The zero-order chi connectivity index (χ0) is 14.4. The maximum atomic E-state index is 12.7. The van der Waals surface area contributed by atoms with Crippen molar-refractivity contribution < 1.29 is 4.79 Å². The number of carbonyl (C=O) groups excluding carboxylic acids is 1. The lowest BCUT2D eigenvalue weighted by Crippen LogP contribution is -2.33. The molecule has 0 aliphatic rings. The SMILES string of the molecule is CCCN(CCCN)C(=O)c1cccc2ccccc12. The van der Waals surface area contributed by atoms with Crippen LogP contribution in [0, 0.1) is 0 Å². The Kier molecular flexibility index (Phi) is 5.13. The zero-order valence-corrected chi connectivity index (χ0v) is 12.0. The summed E-state index contributed by atoms with van der Waals surface area (Å²) in [5.41, 5.74) is 6.35. The highest BCUT2D eigenvalue weighted by molar-refractivity contribution is 6.07. The molecule has 0 radical (unpaired) electrons. The second kappa shape index (κ2) is 7.06. The Balaban J connectivity index is 2.33. The van der Waals surface area contributed by atoms with E-state index in [-0.39, 0.29) is 5.91 Å². The van der Waals surface area contributed by atoms with Gasteiger partial charge in [0.1, 0.15) is 0 Å². The average molecular weight is 270 g/mol. The third-order valence-electron chi connectivity index (χ3n) is 3.43. The van der Waals surface area contributed by atoms with Crippen LogP contribution in [0.3, 0.4) is 0 Å². The van der Waals surface area contributed by atoms with Gasteiger partial charge < -0.3 is 10.6 Å². The predicted octanol–water partition coefficient (Wildman–Crippen LogP) is 3.04. The quantitative estimate of drug-likeness (QED) is 0.877. The first kappa shape index (κ1) is 14.5. The molecule has 2 aromatic carbocycles. The van der Waals surface area contributed by atoms with E-state index in [4.69, 9.17) is 5.73 Å². The predicted molar refractivity (Wildman–Crippen MR) is 83.8 cm³/mol. The standard InChI is InChI=1S/C17H22N2O/c1-2-12-19(13-6-11-18)17(20)16-10-5-8-14-7-3-4-9-15(14)16/h3-5,7-10H,2,6,11-13,18H2,1H3. The summed E-state index contributed by atoms with van der Waals surface area (Å²) in [5.74, 6) is 0.108. The fraction of sp³-hybridized carbons (Fsp3) is 0.353. The fourth-order valence-corrected chi connectivity index (χ4v) is 2.45. The number of benzene rings is 2. The van der Waals surface area contributed by atoms with Crippen molar-refractivity contribution in [3.8, 4) is 0 Å². The highest BCUT2D eigenvalue weighted by Crippen LogP contribution is 2.20. The molecule has 20 heavy (non-hydrogen) atoms. The first-order chi connectivity index (χ1) is 9.77. The van der Waals surface area contributed by atoms with Gasteiger partial charge in [-0.1, -0.05) is 43.3 Å². The Morgan fingerprint density at radius 3 is 2.60 bits per heavy atom.